The Labute approximate surface area is 385 Å². The van der Waals surface area contributed by atoms with E-state index >= 15 is 0 Å². The standard InChI is InChI=1S/C30H31N9O22S7/c1-16(40)33-17-2-5-20(25(12-17)64(45,46)47)34-37-23-15-24(38-35-21-6-3-18(13-26(21)65(48,49)50)62(41,42)10-8-60-67(54,55)56)29(32)30(28(23)31)39-36-22-7-4-19(14-27(22)66(51,52)53)63(43,44)11-9-61-68(57,58)59/h2-7,12-15H,8-11,31-32H2,1H3,(H,33,40)(H,45,46,47)(H,48,49,50)(H,51,52,53)(H,54,55,56)(H,57,58,59)/b37-34+,38-35+,39-36+. The van der Waals surface area contributed by atoms with Gasteiger partial charge in [-0.15, -0.1) is 30.7 Å². The zero-order valence-corrected chi connectivity index (χ0v) is 39.2. The number of carbonyl (C=O) groups is 1. The van der Waals surface area contributed by atoms with Crippen molar-refractivity contribution < 1.29 is 94.8 Å². The number of benzene rings is 4. The van der Waals surface area contributed by atoms with Crippen LogP contribution in [0.15, 0.2) is 116 Å². The number of anilines is 3. The minimum atomic E-state index is -5.40. The highest BCUT2D eigenvalue weighted by Crippen LogP contribution is 2.46. The number of azo groups is 3. The molecule has 31 nitrogen and oxygen atoms in total. The second kappa shape index (κ2) is 20.4. The Morgan fingerprint density at radius 1 is 0.500 bits per heavy atom. The summed E-state index contributed by atoms with van der Waals surface area (Å²) in [6, 6.07) is 7.35. The molecular weight excluding hydrogens is 1060 g/mol. The van der Waals surface area contributed by atoms with Crippen molar-refractivity contribution in [2.45, 2.75) is 31.4 Å². The second-order valence-electron chi connectivity index (χ2n) is 12.9. The summed E-state index contributed by atoms with van der Waals surface area (Å²) in [6.07, 6.45) is 0. The number of nitrogens with one attached hydrogen (secondary N) is 1. The van der Waals surface area contributed by atoms with Crippen LogP contribution in [0.2, 0.25) is 0 Å². The van der Waals surface area contributed by atoms with E-state index in [2.05, 4.69) is 44.4 Å². The summed E-state index contributed by atoms with van der Waals surface area (Å²) in [7, 11) is -35.3. The van der Waals surface area contributed by atoms with Gasteiger partial charge in [0.25, 0.3) is 30.4 Å². The van der Waals surface area contributed by atoms with E-state index in [1.54, 1.807) is 0 Å². The topological polar surface area (TPSA) is 514 Å². The number of sulfone groups is 2. The minimum Gasteiger partial charge on any atom is -0.395 e. The van der Waals surface area contributed by atoms with Crippen LogP contribution >= 0.6 is 0 Å². The van der Waals surface area contributed by atoms with Crippen LogP contribution in [0.3, 0.4) is 0 Å². The van der Waals surface area contributed by atoms with Gasteiger partial charge in [0.05, 0.1) is 45.9 Å². The fourth-order valence-electron chi connectivity index (χ4n) is 5.04. The highest BCUT2D eigenvalue weighted by atomic mass is 32.3. The van der Waals surface area contributed by atoms with Crippen LogP contribution in [0, 0.1) is 0 Å². The smallest absolute Gasteiger partial charge is 0.395 e. The van der Waals surface area contributed by atoms with Crippen molar-refractivity contribution in [3.8, 4) is 0 Å². The first-order valence-corrected chi connectivity index (χ1v) is 27.6. The molecule has 68 heavy (non-hydrogen) atoms. The molecule has 4 rings (SSSR count). The van der Waals surface area contributed by atoms with Gasteiger partial charge in [-0.1, -0.05) is 0 Å². The Morgan fingerprint density at radius 2 is 0.838 bits per heavy atom. The van der Waals surface area contributed by atoms with Crippen LogP contribution in [0.25, 0.3) is 0 Å². The van der Waals surface area contributed by atoms with E-state index in [-0.39, 0.29) is 5.69 Å². The Balaban J connectivity index is 1.94. The maximum Gasteiger partial charge on any atom is 0.397 e. The van der Waals surface area contributed by atoms with Crippen molar-refractivity contribution in [1.29, 1.82) is 0 Å². The Kier molecular flexibility index (Phi) is 16.4. The molecule has 0 aliphatic rings. The van der Waals surface area contributed by atoms with E-state index in [0.29, 0.717) is 24.3 Å². The third-order valence-corrected chi connectivity index (χ3v) is 14.9. The van der Waals surface area contributed by atoms with Gasteiger partial charge >= 0.3 is 20.8 Å². The number of rotatable bonds is 20. The molecular formula is C30H31N9O22S7. The average Bonchev–Trinajstić information content (AvgIpc) is 3.18. The van der Waals surface area contributed by atoms with E-state index in [0.717, 1.165) is 43.3 Å². The zero-order valence-electron chi connectivity index (χ0n) is 33.5. The van der Waals surface area contributed by atoms with Crippen molar-refractivity contribution in [3.05, 3.63) is 60.7 Å². The monoisotopic (exact) mass is 1090 g/mol. The van der Waals surface area contributed by atoms with Crippen LogP contribution < -0.4 is 16.8 Å². The van der Waals surface area contributed by atoms with Gasteiger partial charge in [-0.05, 0) is 60.7 Å². The van der Waals surface area contributed by atoms with Crippen LogP contribution in [-0.4, -0.2) is 112 Å². The first-order valence-electron chi connectivity index (χ1n) is 17.3. The molecule has 0 unspecified atom stereocenters. The summed E-state index contributed by atoms with van der Waals surface area (Å²) < 4.78 is 224. The lowest BCUT2D eigenvalue weighted by Gasteiger charge is -2.11. The Hall–Kier alpha value is -5.88. The molecule has 10 N–H and O–H groups in total. The predicted molar refractivity (Wildman–Crippen MR) is 230 cm³/mol. The van der Waals surface area contributed by atoms with E-state index in [4.69, 9.17) is 20.6 Å². The average molecular weight is 1090 g/mol. The lowest BCUT2D eigenvalue weighted by Crippen LogP contribution is -2.16. The van der Waals surface area contributed by atoms with Gasteiger partial charge in [0.1, 0.15) is 48.8 Å². The quantitative estimate of drug-likeness (QED) is 0.0358. The molecule has 0 heterocycles. The van der Waals surface area contributed by atoms with Crippen molar-refractivity contribution >= 4 is 128 Å². The molecule has 0 spiro atoms. The van der Waals surface area contributed by atoms with Gasteiger partial charge in [0, 0.05) is 12.6 Å². The zero-order chi connectivity index (χ0) is 51.4. The summed E-state index contributed by atoms with van der Waals surface area (Å²) in [5.74, 6) is -2.91. The van der Waals surface area contributed by atoms with E-state index < -0.39 is 171 Å². The molecule has 0 atom stereocenters. The fraction of sp³-hybridized carbons (Fsp3) is 0.167. The molecule has 0 saturated carbocycles. The van der Waals surface area contributed by atoms with Gasteiger partial charge in [-0.25, -0.2) is 25.2 Å². The van der Waals surface area contributed by atoms with Gasteiger partial charge in [0.15, 0.2) is 19.7 Å². The number of nitrogen functional groups attached to an aromatic ring is 2. The molecule has 38 heteroatoms. The highest BCUT2D eigenvalue weighted by molar-refractivity contribution is 7.92. The number of amides is 1. The molecule has 0 fully saturated rings. The normalized spacial score (nSPS) is 13.4. The molecule has 4 aromatic carbocycles. The molecule has 0 aliphatic heterocycles. The molecule has 0 aromatic heterocycles. The third kappa shape index (κ3) is 15.1. The van der Waals surface area contributed by atoms with E-state index in [9.17, 15) is 77.4 Å². The van der Waals surface area contributed by atoms with Gasteiger partial charge in [-0.2, -0.15) is 42.1 Å². The largest absolute Gasteiger partial charge is 0.397 e. The summed E-state index contributed by atoms with van der Waals surface area (Å²) >= 11 is 0. The number of carbonyl (C=O) groups excluding carboxylic acids is 1. The molecule has 0 aliphatic carbocycles. The fourth-order valence-corrected chi connectivity index (χ4v) is 10.2. The second-order valence-corrected chi connectivity index (χ2v) is 23.4. The molecule has 0 radical (unpaired) electrons. The van der Waals surface area contributed by atoms with E-state index in [1.807, 2.05) is 0 Å². The Morgan fingerprint density at radius 3 is 1.19 bits per heavy atom. The third-order valence-electron chi connectivity index (χ3n) is 7.99. The summed E-state index contributed by atoms with van der Waals surface area (Å²) in [4.78, 5) is 6.49. The SMILES string of the molecule is CC(=O)Nc1ccc(/N=N/c2cc(/N=N/c3ccc(S(=O)(=O)CCOS(=O)(=O)O)cc3S(=O)(=O)O)c(N)c(/N=N/c3ccc(S(=O)(=O)CCOS(=O)(=O)O)cc3S(=O)(=O)O)c2N)c(S(=O)(=O)O)c1. The molecule has 370 valence electrons. The van der Waals surface area contributed by atoms with Gasteiger partial charge in [0.2, 0.25) is 5.91 Å². The van der Waals surface area contributed by atoms with Crippen molar-refractivity contribution in [1.82, 2.24) is 0 Å². The van der Waals surface area contributed by atoms with Crippen LogP contribution in [0.1, 0.15) is 6.92 Å². The highest BCUT2D eigenvalue weighted by Gasteiger charge is 2.26. The summed E-state index contributed by atoms with van der Waals surface area (Å²) in [5.41, 5.74) is 6.82. The van der Waals surface area contributed by atoms with Crippen molar-refractivity contribution in [2.75, 3.05) is 41.5 Å². The Bertz CT molecular complexity index is 3610. The van der Waals surface area contributed by atoms with E-state index in [1.165, 1.54) is 0 Å². The number of nitrogens with zero attached hydrogens (tertiary/aromatic N) is 6. The molecule has 0 bridgehead atoms. The van der Waals surface area contributed by atoms with Crippen molar-refractivity contribution in [3.63, 3.8) is 0 Å². The number of hydrogen-bond donors (Lipinski definition) is 8. The van der Waals surface area contributed by atoms with Crippen LogP contribution in [0.4, 0.5) is 51.2 Å². The lowest BCUT2D eigenvalue weighted by atomic mass is 10.2. The number of nitrogens with two attached hydrogens (primary N) is 2. The molecule has 4 aromatic rings. The predicted octanol–water partition coefficient (Wildman–Crippen LogP) is 2.98. The molecule has 1 amide bonds. The maximum atomic E-state index is 12.8. The first kappa shape index (κ1) is 54.7. The minimum absolute atomic E-state index is 0.122. The first-order chi connectivity index (χ1) is 31.0. The van der Waals surface area contributed by atoms with Crippen LogP contribution in [-0.2, 0) is 84.0 Å². The van der Waals surface area contributed by atoms with Gasteiger partial charge in [-0.3, -0.25) is 27.6 Å². The van der Waals surface area contributed by atoms with Crippen molar-refractivity contribution in [2.24, 2.45) is 30.7 Å². The van der Waals surface area contributed by atoms with Crippen LogP contribution in [0.5, 0.6) is 0 Å². The summed E-state index contributed by atoms with van der Waals surface area (Å²) in [5, 5.41) is 24.8. The maximum absolute atomic E-state index is 12.8. The summed E-state index contributed by atoms with van der Waals surface area (Å²) in [6.45, 7) is -1.16. The number of hydrogen-bond acceptors (Lipinski definition) is 25. The molecule has 0 saturated heterocycles. The lowest BCUT2D eigenvalue weighted by molar-refractivity contribution is -0.114. The van der Waals surface area contributed by atoms with Gasteiger partial charge < -0.3 is 16.8 Å².